The van der Waals surface area contributed by atoms with Crippen LogP contribution in [-0.2, 0) is 6.54 Å². The van der Waals surface area contributed by atoms with Gasteiger partial charge in [0.05, 0.1) is 0 Å². The minimum atomic E-state index is 0.313. The zero-order valence-corrected chi connectivity index (χ0v) is 9.66. The van der Waals surface area contributed by atoms with Crippen molar-refractivity contribution in [2.75, 3.05) is 6.54 Å². The molecule has 1 atom stereocenters. The zero-order chi connectivity index (χ0) is 10.0. The van der Waals surface area contributed by atoms with Gasteiger partial charge in [-0.1, -0.05) is 6.07 Å². The van der Waals surface area contributed by atoms with Crippen LogP contribution < -0.4 is 10.6 Å². The third-order valence-corrected chi connectivity index (χ3v) is 3.61. The highest BCUT2D eigenvalue weighted by Gasteiger charge is 2.29. The van der Waals surface area contributed by atoms with E-state index in [1.54, 1.807) is 0 Å². The van der Waals surface area contributed by atoms with Gasteiger partial charge in [0.25, 0.3) is 0 Å². The van der Waals surface area contributed by atoms with Gasteiger partial charge in [-0.2, -0.15) is 0 Å². The van der Waals surface area contributed by atoms with Crippen molar-refractivity contribution in [3.63, 3.8) is 0 Å². The second-order valence-corrected chi connectivity index (χ2v) is 5.66. The van der Waals surface area contributed by atoms with Gasteiger partial charge in [-0.3, -0.25) is 0 Å². The maximum Gasteiger partial charge on any atom is 0.0302 e. The van der Waals surface area contributed by atoms with E-state index >= 15 is 0 Å². The average Bonchev–Trinajstić information content (AvgIpc) is 2.70. The number of nitrogens with one attached hydrogen (secondary N) is 2. The van der Waals surface area contributed by atoms with Crippen molar-refractivity contribution in [2.45, 2.75) is 38.4 Å². The molecule has 0 bridgehead atoms. The third-order valence-electron chi connectivity index (χ3n) is 2.73. The molecular weight excluding hydrogens is 192 g/mol. The first-order valence-electron chi connectivity index (χ1n) is 5.16. The molecule has 1 fully saturated rings. The Kier molecular flexibility index (Phi) is 2.91. The molecule has 0 spiro atoms. The predicted octanol–water partition coefficient (Wildman–Crippen LogP) is 1.98. The summed E-state index contributed by atoms with van der Waals surface area (Å²) in [7, 11) is 0. The van der Waals surface area contributed by atoms with Crippen LogP contribution in [0.25, 0.3) is 0 Å². The molecule has 1 aliphatic heterocycles. The summed E-state index contributed by atoms with van der Waals surface area (Å²) >= 11 is 1.82. The summed E-state index contributed by atoms with van der Waals surface area (Å²) in [6.07, 6.45) is 1.22. The third kappa shape index (κ3) is 2.56. The molecule has 1 aromatic heterocycles. The molecule has 0 aliphatic carbocycles. The Balaban J connectivity index is 1.78. The minimum Gasteiger partial charge on any atom is -0.310 e. The monoisotopic (exact) mass is 210 g/mol. The topological polar surface area (TPSA) is 24.1 Å². The van der Waals surface area contributed by atoms with Crippen LogP contribution >= 0.6 is 11.3 Å². The van der Waals surface area contributed by atoms with Crippen LogP contribution in [0.4, 0.5) is 0 Å². The van der Waals surface area contributed by atoms with Gasteiger partial charge in [0.1, 0.15) is 0 Å². The second kappa shape index (κ2) is 4.01. The van der Waals surface area contributed by atoms with E-state index in [-0.39, 0.29) is 0 Å². The van der Waals surface area contributed by atoms with Crippen LogP contribution in [0.15, 0.2) is 17.5 Å². The molecule has 0 saturated carbocycles. The standard InChI is InChI=1S/C11H18N2S/c1-11(2)6-9(7-13-11)12-8-10-4-3-5-14-10/h3-5,9,12-13H,6-8H2,1-2H3. The molecule has 2 nitrogen and oxygen atoms in total. The van der Waals surface area contributed by atoms with E-state index in [2.05, 4.69) is 42.0 Å². The van der Waals surface area contributed by atoms with Gasteiger partial charge in [-0.05, 0) is 31.7 Å². The van der Waals surface area contributed by atoms with E-state index in [0.717, 1.165) is 13.1 Å². The molecule has 1 unspecified atom stereocenters. The molecular formula is C11H18N2S. The highest BCUT2D eigenvalue weighted by molar-refractivity contribution is 7.09. The lowest BCUT2D eigenvalue weighted by atomic mass is 10.0. The Morgan fingerprint density at radius 2 is 2.50 bits per heavy atom. The molecule has 2 heterocycles. The van der Waals surface area contributed by atoms with Gasteiger partial charge in [0, 0.05) is 29.5 Å². The first-order valence-corrected chi connectivity index (χ1v) is 6.04. The first-order chi connectivity index (χ1) is 6.66. The number of thiophene rings is 1. The zero-order valence-electron chi connectivity index (χ0n) is 8.84. The Morgan fingerprint density at radius 3 is 3.07 bits per heavy atom. The largest absolute Gasteiger partial charge is 0.310 e. The van der Waals surface area contributed by atoms with Gasteiger partial charge >= 0.3 is 0 Å². The van der Waals surface area contributed by atoms with E-state index in [0.29, 0.717) is 11.6 Å². The molecule has 0 aromatic carbocycles. The van der Waals surface area contributed by atoms with Crippen molar-refractivity contribution in [2.24, 2.45) is 0 Å². The summed E-state index contributed by atoms with van der Waals surface area (Å²) in [5.41, 5.74) is 0.313. The Morgan fingerprint density at radius 1 is 1.64 bits per heavy atom. The highest BCUT2D eigenvalue weighted by Crippen LogP contribution is 2.18. The molecule has 1 saturated heterocycles. The van der Waals surface area contributed by atoms with Gasteiger partial charge in [-0.25, -0.2) is 0 Å². The summed E-state index contributed by atoms with van der Waals surface area (Å²) in [6.45, 7) is 6.64. The van der Waals surface area contributed by atoms with Crippen LogP contribution in [0, 0.1) is 0 Å². The summed E-state index contributed by atoms with van der Waals surface area (Å²) < 4.78 is 0. The highest BCUT2D eigenvalue weighted by atomic mass is 32.1. The Hall–Kier alpha value is -0.380. The molecule has 0 radical (unpaired) electrons. The van der Waals surface area contributed by atoms with E-state index < -0.39 is 0 Å². The molecule has 14 heavy (non-hydrogen) atoms. The maximum absolute atomic E-state index is 3.59. The second-order valence-electron chi connectivity index (χ2n) is 4.63. The van der Waals surface area contributed by atoms with E-state index in [1.165, 1.54) is 11.3 Å². The first kappa shape index (κ1) is 10.1. The normalized spacial score (nSPS) is 25.4. The van der Waals surface area contributed by atoms with Crippen LogP contribution in [0.1, 0.15) is 25.1 Å². The molecule has 3 heteroatoms. The molecule has 2 rings (SSSR count). The van der Waals surface area contributed by atoms with Gasteiger partial charge < -0.3 is 10.6 Å². The lowest BCUT2D eigenvalue weighted by Crippen LogP contribution is -2.31. The van der Waals surface area contributed by atoms with Crippen LogP contribution in [0.3, 0.4) is 0 Å². The van der Waals surface area contributed by atoms with Gasteiger partial charge in [-0.15, -0.1) is 11.3 Å². The van der Waals surface area contributed by atoms with Crippen molar-refractivity contribution in [1.82, 2.24) is 10.6 Å². The summed E-state index contributed by atoms with van der Waals surface area (Å²) in [6, 6.07) is 4.93. The Labute approximate surface area is 89.7 Å². The molecule has 1 aromatic rings. The molecule has 1 aliphatic rings. The van der Waals surface area contributed by atoms with E-state index in [4.69, 9.17) is 0 Å². The van der Waals surface area contributed by atoms with Crippen molar-refractivity contribution in [1.29, 1.82) is 0 Å². The van der Waals surface area contributed by atoms with Crippen LogP contribution in [0.5, 0.6) is 0 Å². The average molecular weight is 210 g/mol. The van der Waals surface area contributed by atoms with Crippen molar-refractivity contribution >= 4 is 11.3 Å². The maximum atomic E-state index is 3.59. The van der Waals surface area contributed by atoms with Crippen molar-refractivity contribution in [3.8, 4) is 0 Å². The molecule has 2 N–H and O–H groups in total. The van der Waals surface area contributed by atoms with Gasteiger partial charge in [0.2, 0.25) is 0 Å². The Bertz CT molecular complexity index is 279. The summed E-state index contributed by atoms with van der Waals surface area (Å²) in [5.74, 6) is 0. The predicted molar refractivity (Wildman–Crippen MR) is 61.6 cm³/mol. The fraction of sp³-hybridized carbons (Fsp3) is 0.636. The molecule has 78 valence electrons. The van der Waals surface area contributed by atoms with E-state index in [9.17, 15) is 0 Å². The van der Waals surface area contributed by atoms with Crippen molar-refractivity contribution < 1.29 is 0 Å². The quantitative estimate of drug-likeness (QED) is 0.797. The molecule has 0 amide bonds. The number of hydrogen-bond acceptors (Lipinski definition) is 3. The smallest absolute Gasteiger partial charge is 0.0302 e. The minimum absolute atomic E-state index is 0.313. The van der Waals surface area contributed by atoms with Gasteiger partial charge in [0.15, 0.2) is 0 Å². The van der Waals surface area contributed by atoms with Crippen LogP contribution in [-0.4, -0.2) is 18.1 Å². The number of rotatable bonds is 3. The SMILES string of the molecule is CC1(C)CC(NCc2cccs2)CN1. The number of hydrogen-bond donors (Lipinski definition) is 2. The van der Waals surface area contributed by atoms with E-state index in [1.807, 2.05) is 11.3 Å². The lowest BCUT2D eigenvalue weighted by molar-refractivity contribution is 0.442. The summed E-state index contributed by atoms with van der Waals surface area (Å²) in [5, 5.41) is 9.24. The summed E-state index contributed by atoms with van der Waals surface area (Å²) in [4.78, 5) is 1.43. The fourth-order valence-corrected chi connectivity index (χ4v) is 2.62. The van der Waals surface area contributed by atoms with Crippen molar-refractivity contribution in [3.05, 3.63) is 22.4 Å². The fourth-order valence-electron chi connectivity index (χ4n) is 1.96. The lowest BCUT2D eigenvalue weighted by Gasteiger charge is -2.17. The van der Waals surface area contributed by atoms with Crippen LogP contribution in [0.2, 0.25) is 0 Å².